The molecule has 0 saturated heterocycles. The standard InChI is InChI=1S/C13H18AsNO/c1-3-15-6-4-10-8-12(14)13(16-2)9-11(10)5-7-15/h8-9H,3-7H2,1-2H3. The molecule has 1 aromatic rings. The number of likely N-dealkylation sites (N-methyl/N-ethyl adjacent to an activating group) is 1. The molecule has 0 bridgehead atoms. The van der Waals surface area contributed by atoms with E-state index < -0.39 is 0 Å². The van der Waals surface area contributed by atoms with Crippen LogP contribution in [0.1, 0.15) is 18.1 Å². The van der Waals surface area contributed by atoms with Gasteiger partial charge in [-0.25, -0.2) is 0 Å². The summed E-state index contributed by atoms with van der Waals surface area (Å²) in [4.78, 5) is 2.51. The third-order valence-corrected chi connectivity index (χ3v) is 4.08. The Morgan fingerprint density at radius 2 is 1.88 bits per heavy atom. The Balaban J connectivity index is 2.28. The normalized spacial score (nSPS) is 16.7. The molecule has 2 rings (SSSR count). The Labute approximate surface area is 106 Å². The number of hydrogen-bond donors (Lipinski definition) is 0. The van der Waals surface area contributed by atoms with Gasteiger partial charge in [0.25, 0.3) is 0 Å². The molecule has 0 amide bonds. The van der Waals surface area contributed by atoms with Crippen molar-refractivity contribution in [1.29, 1.82) is 0 Å². The number of hydrogen-bond acceptors (Lipinski definition) is 2. The molecule has 0 N–H and O–H groups in total. The van der Waals surface area contributed by atoms with Crippen LogP contribution in [0.4, 0.5) is 0 Å². The Morgan fingerprint density at radius 1 is 1.25 bits per heavy atom. The quantitative estimate of drug-likeness (QED) is 0.746. The number of fused-ring (bicyclic) bond motifs is 1. The molecule has 1 aliphatic rings. The van der Waals surface area contributed by atoms with Gasteiger partial charge in [0.1, 0.15) is 0 Å². The van der Waals surface area contributed by atoms with E-state index in [-0.39, 0.29) is 0 Å². The minimum absolute atomic E-state index is 1.00. The van der Waals surface area contributed by atoms with Crippen LogP contribution in [0.25, 0.3) is 0 Å². The fraction of sp³-hybridized carbons (Fsp3) is 0.538. The average Bonchev–Trinajstić information content (AvgIpc) is 2.49. The van der Waals surface area contributed by atoms with Crippen LogP contribution in [0, 0.1) is 0 Å². The molecule has 0 spiro atoms. The fourth-order valence-corrected chi connectivity index (χ4v) is 2.92. The van der Waals surface area contributed by atoms with Gasteiger partial charge in [0.15, 0.2) is 0 Å². The van der Waals surface area contributed by atoms with Crippen LogP contribution in [-0.4, -0.2) is 48.5 Å². The predicted molar refractivity (Wildman–Crippen MR) is 67.9 cm³/mol. The van der Waals surface area contributed by atoms with Gasteiger partial charge in [-0.05, 0) is 0 Å². The van der Waals surface area contributed by atoms with Gasteiger partial charge in [0, 0.05) is 0 Å². The van der Waals surface area contributed by atoms with E-state index in [1.165, 1.54) is 28.6 Å². The van der Waals surface area contributed by atoms with Crippen LogP contribution in [0.15, 0.2) is 12.1 Å². The van der Waals surface area contributed by atoms with Crippen molar-refractivity contribution in [3.63, 3.8) is 0 Å². The summed E-state index contributed by atoms with van der Waals surface area (Å²) >= 11 is 2.60. The zero-order chi connectivity index (χ0) is 11.5. The van der Waals surface area contributed by atoms with Crippen molar-refractivity contribution in [2.45, 2.75) is 19.8 Å². The summed E-state index contributed by atoms with van der Waals surface area (Å²) in [6, 6.07) is 4.48. The molecule has 1 aliphatic heterocycles. The fourth-order valence-electron chi connectivity index (χ4n) is 2.27. The summed E-state index contributed by atoms with van der Waals surface area (Å²) in [5.74, 6) is 1.00. The minimum atomic E-state index is 1.00. The molecule has 86 valence electrons. The molecule has 0 saturated carbocycles. The molecule has 0 aromatic heterocycles. The molecular weight excluding hydrogens is 261 g/mol. The Kier molecular flexibility index (Phi) is 3.94. The molecule has 1 aromatic carbocycles. The summed E-state index contributed by atoms with van der Waals surface area (Å²) < 4.78 is 6.57. The maximum absolute atomic E-state index is 5.38. The van der Waals surface area contributed by atoms with Crippen molar-refractivity contribution < 1.29 is 4.74 Å². The van der Waals surface area contributed by atoms with Gasteiger partial charge in [-0.1, -0.05) is 0 Å². The third kappa shape index (κ3) is 2.44. The van der Waals surface area contributed by atoms with E-state index >= 15 is 0 Å². The molecule has 0 aliphatic carbocycles. The SMILES string of the molecule is CCN1CCc2cc([As])c(OC)cc2CC1. The maximum atomic E-state index is 5.38. The van der Waals surface area contributed by atoms with Gasteiger partial charge < -0.3 is 0 Å². The van der Waals surface area contributed by atoms with Gasteiger partial charge in [0.05, 0.1) is 0 Å². The summed E-state index contributed by atoms with van der Waals surface area (Å²) in [5.41, 5.74) is 2.95. The van der Waals surface area contributed by atoms with Crippen LogP contribution in [0.2, 0.25) is 0 Å². The van der Waals surface area contributed by atoms with Crippen LogP contribution in [-0.2, 0) is 12.8 Å². The van der Waals surface area contributed by atoms with Gasteiger partial charge in [0.2, 0.25) is 0 Å². The monoisotopic (exact) mass is 279 g/mol. The summed E-state index contributed by atoms with van der Waals surface area (Å²) in [6.45, 7) is 5.74. The molecule has 2 radical (unpaired) electrons. The predicted octanol–water partition coefficient (Wildman–Crippen LogP) is 0.909. The van der Waals surface area contributed by atoms with Crippen molar-refractivity contribution in [1.82, 2.24) is 4.90 Å². The van der Waals surface area contributed by atoms with Crippen molar-refractivity contribution in [3.05, 3.63) is 23.3 Å². The molecule has 3 heteroatoms. The van der Waals surface area contributed by atoms with Crippen LogP contribution >= 0.6 is 0 Å². The van der Waals surface area contributed by atoms with E-state index in [1.807, 2.05) is 0 Å². The molecule has 2 nitrogen and oxygen atoms in total. The topological polar surface area (TPSA) is 12.5 Å². The van der Waals surface area contributed by atoms with Gasteiger partial charge in [-0.15, -0.1) is 0 Å². The van der Waals surface area contributed by atoms with Gasteiger partial charge in [-0.3, -0.25) is 0 Å². The van der Waals surface area contributed by atoms with E-state index in [2.05, 4.69) is 40.8 Å². The molecule has 16 heavy (non-hydrogen) atoms. The second-order valence-corrected chi connectivity index (χ2v) is 5.24. The number of rotatable bonds is 2. The van der Waals surface area contributed by atoms with E-state index in [9.17, 15) is 0 Å². The van der Waals surface area contributed by atoms with Crippen molar-refractivity contribution in [2.75, 3.05) is 26.7 Å². The second kappa shape index (κ2) is 5.25. The summed E-state index contributed by atoms with van der Waals surface area (Å²) in [5, 5.41) is 0. The average molecular weight is 279 g/mol. The Hall–Kier alpha value is -0.462. The van der Waals surface area contributed by atoms with Crippen LogP contribution in [0.5, 0.6) is 5.75 Å². The van der Waals surface area contributed by atoms with E-state index in [1.54, 1.807) is 7.11 Å². The Bertz CT molecular complexity index is 378. The number of ether oxygens (including phenoxy) is 1. The van der Waals surface area contributed by atoms with Crippen molar-refractivity contribution >= 4 is 21.2 Å². The van der Waals surface area contributed by atoms with Gasteiger partial charge >= 0.3 is 106 Å². The molecule has 1 heterocycles. The van der Waals surface area contributed by atoms with E-state index in [4.69, 9.17) is 4.74 Å². The number of benzene rings is 1. The number of methoxy groups -OCH3 is 1. The van der Waals surface area contributed by atoms with E-state index in [0.29, 0.717) is 0 Å². The van der Waals surface area contributed by atoms with Crippen molar-refractivity contribution in [2.24, 2.45) is 0 Å². The summed E-state index contributed by atoms with van der Waals surface area (Å²) in [7, 11) is 1.74. The van der Waals surface area contributed by atoms with Gasteiger partial charge in [-0.2, -0.15) is 0 Å². The van der Waals surface area contributed by atoms with E-state index in [0.717, 1.165) is 25.1 Å². The molecule has 0 unspecified atom stereocenters. The van der Waals surface area contributed by atoms with Crippen molar-refractivity contribution in [3.8, 4) is 5.75 Å². The molecule has 0 atom stereocenters. The molecular formula is C13H18AsNO. The van der Waals surface area contributed by atoms with Crippen LogP contribution in [0.3, 0.4) is 0 Å². The zero-order valence-corrected chi connectivity index (χ0v) is 11.9. The first kappa shape index (κ1) is 12.0. The second-order valence-electron chi connectivity index (χ2n) is 4.23. The zero-order valence-electron chi connectivity index (χ0n) is 9.99. The first-order valence-electron chi connectivity index (χ1n) is 5.85. The Morgan fingerprint density at radius 3 is 2.44 bits per heavy atom. The first-order chi connectivity index (χ1) is 7.74. The summed E-state index contributed by atoms with van der Waals surface area (Å²) in [6.07, 6.45) is 2.31. The first-order valence-corrected chi connectivity index (χ1v) is 6.79. The number of nitrogens with zero attached hydrogens (tertiary/aromatic N) is 1. The third-order valence-electron chi connectivity index (χ3n) is 3.34. The molecule has 0 fully saturated rings. The van der Waals surface area contributed by atoms with Crippen LogP contribution < -0.4 is 9.09 Å².